The summed E-state index contributed by atoms with van der Waals surface area (Å²) in [4.78, 5) is 24.5. The van der Waals surface area contributed by atoms with E-state index >= 15 is 0 Å². The lowest BCUT2D eigenvalue weighted by atomic mass is 10.2. The minimum Gasteiger partial charge on any atom is -0.345 e. The SMILES string of the molecule is C=CCn1c(CNC(=O)/C=C/c2ccccc2Cl)nnc1SCC(=O)Nc1ccc(C)cc1. The fourth-order valence-electron chi connectivity index (χ4n) is 2.83. The average Bonchev–Trinajstić information content (AvgIpc) is 3.19. The van der Waals surface area contributed by atoms with Crippen molar-refractivity contribution >= 4 is 46.9 Å². The lowest BCUT2D eigenvalue weighted by Crippen LogP contribution is -2.23. The number of nitrogens with one attached hydrogen (secondary N) is 2. The van der Waals surface area contributed by atoms with Gasteiger partial charge in [0.25, 0.3) is 0 Å². The first-order chi connectivity index (χ1) is 16.0. The van der Waals surface area contributed by atoms with E-state index < -0.39 is 0 Å². The number of nitrogens with zero attached hydrogens (tertiary/aromatic N) is 3. The molecule has 0 spiro atoms. The van der Waals surface area contributed by atoms with Crippen molar-refractivity contribution in [3.8, 4) is 0 Å². The molecule has 3 aromatic rings. The second-order valence-corrected chi connectivity index (χ2v) is 8.42. The zero-order valence-electron chi connectivity index (χ0n) is 18.1. The molecule has 9 heteroatoms. The number of halogens is 1. The summed E-state index contributed by atoms with van der Waals surface area (Å²) in [6.07, 6.45) is 4.78. The summed E-state index contributed by atoms with van der Waals surface area (Å²) in [6, 6.07) is 14.9. The quantitative estimate of drug-likeness (QED) is 0.253. The van der Waals surface area contributed by atoms with Crippen molar-refractivity contribution in [2.24, 2.45) is 0 Å². The molecule has 0 unspecified atom stereocenters. The Hall–Kier alpha value is -3.36. The van der Waals surface area contributed by atoms with Gasteiger partial charge in [-0.25, -0.2) is 0 Å². The summed E-state index contributed by atoms with van der Waals surface area (Å²) in [7, 11) is 0. The highest BCUT2D eigenvalue weighted by Gasteiger charge is 2.14. The van der Waals surface area contributed by atoms with Crippen LogP contribution < -0.4 is 10.6 Å². The Kier molecular flexibility index (Phi) is 8.86. The van der Waals surface area contributed by atoms with Gasteiger partial charge in [0.2, 0.25) is 11.8 Å². The number of hydrogen-bond acceptors (Lipinski definition) is 5. The van der Waals surface area contributed by atoms with E-state index in [1.165, 1.54) is 17.8 Å². The van der Waals surface area contributed by atoms with E-state index in [4.69, 9.17) is 11.6 Å². The first-order valence-electron chi connectivity index (χ1n) is 10.2. The van der Waals surface area contributed by atoms with Gasteiger partial charge >= 0.3 is 0 Å². The number of carbonyl (C=O) groups is 2. The highest BCUT2D eigenvalue weighted by Crippen LogP contribution is 2.19. The predicted molar refractivity (Wildman–Crippen MR) is 133 cm³/mol. The molecule has 0 aliphatic heterocycles. The fraction of sp³-hybridized carbons (Fsp3) is 0.167. The third kappa shape index (κ3) is 7.34. The Balaban J connectivity index is 1.56. The topological polar surface area (TPSA) is 88.9 Å². The Morgan fingerprint density at radius 1 is 1.15 bits per heavy atom. The molecular formula is C24H24ClN5O2S. The fourth-order valence-corrected chi connectivity index (χ4v) is 3.80. The van der Waals surface area contributed by atoms with Crippen LogP contribution in [-0.2, 0) is 22.7 Å². The molecule has 1 heterocycles. The van der Waals surface area contributed by atoms with Crippen molar-refractivity contribution in [1.29, 1.82) is 0 Å². The third-order valence-corrected chi connectivity index (χ3v) is 5.82. The molecule has 7 nitrogen and oxygen atoms in total. The molecule has 0 atom stereocenters. The van der Waals surface area contributed by atoms with Gasteiger partial charge in [-0.2, -0.15) is 0 Å². The van der Waals surface area contributed by atoms with Crippen LogP contribution >= 0.6 is 23.4 Å². The summed E-state index contributed by atoms with van der Waals surface area (Å²) in [5.74, 6) is 0.318. The van der Waals surface area contributed by atoms with Crippen molar-refractivity contribution in [2.75, 3.05) is 11.1 Å². The highest BCUT2D eigenvalue weighted by molar-refractivity contribution is 7.99. The molecule has 0 fully saturated rings. The number of rotatable bonds is 10. The molecule has 0 bridgehead atoms. The first kappa shape index (κ1) is 24.3. The summed E-state index contributed by atoms with van der Waals surface area (Å²) in [5, 5.41) is 15.1. The van der Waals surface area contributed by atoms with Crippen molar-refractivity contribution in [1.82, 2.24) is 20.1 Å². The van der Waals surface area contributed by atoms with Crippen LogP contribution in [-0.4, -0.2) is 32.3 Å². The van der Waals surface area contributed by atoms with Gasteiger partial charge < -0.3 is 15.2 Å². The van der Waals surface area contributed by atoms with E-state index in [1.54, 1.807) is 18.2 Å². The van der Waals surface area contributed by atoms with Crippen molar-refractivity contribution < 1.29 is 9.59 Å². The van der Waals surface area contributed by atoms with Crippen LogP contribution in [0.15, 0.2) is 72.4 Å². The molecule has 0 radical (unpaired) electrons. The molecule has 33 heavy (non-hydrogen) atoms. The van der Waals surface area contributed by atoms with Crippen LogP contribution in [0.1, 0.15) is 17.0 Å². The van der Waals surface area contributed by atoms with Gasteiger partial charge in [0.15, 0.2) is 11.0 Å². The number of hydrogen-bond donors (Lipinski definition) is 2. The maximum atomic E-state index is 12.3. The maximum Gasteiger partial charge on any atom is 0.244 e. The molecule has 0 aliphatic rings. The lowest BCUT2D eigenvalue weighted by Gasteiger charge is -2.08. The van der Waals surface area contributed by atoms with Crippen LogP contribution in [0.4, 0.5) is 5.69 Å². The minimum atomic E-state index is -0.283. The van der Waals surface area contributed by atoms with Crippen LogP contribution in [0.3, 0.4) is 0 Å². The number of aryl methyl sites for hydroxylation is 1. The summed E-state index contributed by atoms with van der Waals surface area (Å²) in [6.45, 7) is 6.39. The monoisotopic (exact) mass is 481 g/mol. The summed E-state index contributed by atoms with van der Waals surface area (Å²) >= 11 is 7.37. The van der Waals surface area contributed by atoms with Gasteiger partial charge in [-0.3, -0.25) is 9.59 Å². The van der Waals surface area contributed by atoms with E-state index in [1.807, 2.05) is 54.0 Å². The van der Waals surface area contributed by atoms with E-state index in [0.717, 1.165) is 16.8 Å². The Bertz CT molecular complexity index is 1160. The molecule has 2 N–H and O–H groups in total. The Morgan fingerprint density at radius 3 is 2.64 bits per heavy atom. The normalized spacial score (nSPS) is 10.8. The molecule has 0 aliphatic carbocycles. The average molecular weight is 482 g/mol. The van der Waals surface area contributed by atoms with Gasteiger partial charge in [-0.1, -0.05) is 65.3 Å². The molecule has 0 saturated carbocycles. The zero-order chi connectivity index (χ0) is 23.6. The third-order valence-electron chi connectivity index (χ3n) is 4.51. The van der Waals surface area contributed by atoms with Crippen LogP contribution in [0.5, 0.6) is 0 Å². The summed E-state index contributed by atoms with van der Waals surface area (Å²) in [5.41, 5.74) is 2.62. The molecule has 3 rings (SSSR count). The zero-order valence-corrected chi connectivity index (χ0v) is 19.7. The van der Waals surface area contributed by atoms with Gasteiger partial charge in [-0.15, -0.1) is 16.8 Å². The Morgan fingerprint density at radius 2 is 1.91 bits per heavy atom. The van der Waals surface area contributed by atoms with Crippen LogP contribution in [0, 0.1) is 6.92 Å². The predicted octanol–water partition coefficient (Wildman–Crippen LogP) is 4.49. The van der Waals surface area contributed by atoms with Crippen molar-refractivity contribution in [2.45, 2.75) is 25.2 Å². The van der Waals surface area contributed by atoms with Gasteiger partial charge in [0, 0.05) is 23.3 Å². The largest absolute Gasteiger partial charge is 0.345 e. The van der Waals surface area contributed by atoms with Gasteiger partial charge in [0.1, 0.15) is 0 Å². The highest BCUT2D eigenvalue weighted by atomic mass is 35.5. The van der Waals surface area contributed by atoms with E-state index in [9.17, 15) is 9.59 Å². The maximum absolute atomic E-state index is 12.3. The molecule has 0 saturated heterocycles. The molecule has 2 aromatic carbocycles. The number of benzene rings is 2. The summed E-state index contributed by atoms with van der Waals surface area (Å²) < 4.78 is 1.81. The second-order valence-electron chi connectivity index (χ2n) is 7.07. The number of aromatic nitrogens is 3. The minimum absolute atomic E-state index is 0.142. The van der Waals surface area contributed by atoms with Crippen LogP contribution in [0.2, 0.25) is 5.02 Å². The molecule has 170 valence electrons. The number of allylic oxidation sites excluding steroid dienone is 1. The molecular weight excluding hydrogens is 458 g/mol. The van der Waals surface area contributed by atoms with Crippen molar-refractivity contribution in [3.63, 3.8) is 0 Å². The van der Waals surface area contributed by atoms with Gasteiger partial charge in [0.05, 0.1) is 12.3 Å². The number of thioether (sulfide) groups is 1. The van der Waals surface area contributed by atoms with Crippen molar-refractivity contribution in [3.05, 3.63) is 89.2 Å². The van der Waals surface area contributed by atoms with E-state index in [2.05, 4.69) is 27.4 Å². The van der Waals surface area contributed by atoms with Gasteiger partial charge in [-0.05, 0) is 36.8 Å². The smallest absolute Gasteiger partial charge is 0.244 e. The first-order valence-corrected chi connectivity index (χ1v) is 11.6. The van der Waals surface area contributed by atoms with E-state index in [0.29, 0.717) is 22.5 Å². The molecule has 1 aromatic heterocycles. The second kappa shape index (κ2) is 12.0. The number of anilines is 1. The van der Waals surface area contributed by atoms with Crippen LogP contribution in [0.25, 0.3) is 6.08 Å². The van der Waals surface area contributed by atoms with E-state index in [-0.39, 0.29) is 24.1 Å². The standard InChI is InChI=1S/C24H24ClN5O2S/c1-3-14-30-21(15-26-22(31)13-10-18-6-4-5-7-20(18)25)28-29-24(30)33-16-23(32)27-19-11-8-17(2)9-12-19/h3-13H,1,14-16H2,2H3,(H,26,31)(H,27,32)/b13-10+. The molecule has 2 amide bonds. The lowest BCUT2D eigenvalue weighted by molar-refractivity contribution is -0.116. The number of carbonyl (C=O) groups excluding carboxylic acids is 2. The Labute approximate surface area is 201 Å². The number of amides is 2.